The minimum absolute atomic E-state index is 0.258. The number of hydrogen-bond acceptors (Lipinski definition) is 9. The van der Waals surface area contributed by atoms with Crippen LogP contribution in [-0.4, -0.2) is 67.2 Å². The third-order valence-electron chi connectivity index (χ3n) is 4.21. The minimum Gasteiger partial charge on any atom is -0.384 e. The SMILES string of the molecule is CC(=O)C(=O)C(O)(C(C)=O)C(O)(C(C)=O)C(O)C(O)OCc1ccccc1. The van der Waals surface area contributed by atoms with Gasteiger partial charge in [0.1, 0.15) is 6.10 Å². The topological polar surface area (TPSA) is 158 Å². The molecule has 9 nitrogen and oxygen atoms in total. The van der Waals surface area contributed by atoms with E-state index in [2.05, 4.69) is 0 Å². The van der Waals surface area contributed by atoms with E-state index in [1.165, 1.54) is 0 Å². The van der Waals surface area contributed by atoms with Gasteiger partial charge in [-0.15, -0.1) is 0 Å². The highest BCUT2D eigenvalue weighted by Gasteiger charge is 2.67. The van der Waals surface area contributed by atoms with Gasteiger partial charge in [0.15, 0.2) is 29.2 Å². The molecule has 0 radical (unpaired) electrons. The van der Waals surface area contributed by atoms with Crippen LogP contribution in [0.15, 0.2) is 30.3 Å². The van der Waals surface area contributed by atoms with Gasteiger partial charge in [-0.05, 0) is 19.4 Å². The lowest BCUT2D eigenvalue weighted by Gasteiger charge is -2.42. The number of Topliss-reactive ketones (excluding diaryl/α,β-unsaturated/α-hetero) is 4. The number of ketones is 4. The van der Waals surface area contributed by atoms with Gasteiger partial charge in [-0.1, -0.05) is 30.3 Å². The van der Waals surface area contributed by atoms with Crippen molar-refractivity contribution in [3.63, 3.8) is 0 Å². The van der Waals surface area contributed by atoms with E-state index in [0.717, 1.165) is 0 Å². The summed E-state index contributed by atoms with van der Waals surface area (Å²) in [5.74, 6) is -6.03. The lowest BCUT2D eigenvalue weighted by atomic mass is 9.70. The third kappa shape index (κ3) is 4.18. The highest BCUT2D eigenvalue weighted by atomic mass is 16.6. The summed E-state index contributed by atoms with van der Waals surface area (Å²) in [6.45, 7) is 1.78. The summed E-state index contributed by atoms with van der Waals surface area (Å²) in [4.78, 5) is 47.4. The highest BCUT2D eigenvalue weighted by Crippen LogP contribution is 2.32. The summed E-state index contributed by atoms with van der Waals surface area (Å²) in [5, 5.41) is 41.5. The maximum Gasteiger partial charge on any atom is 0.240 e. The number of aliphatic hydroxyl groups is 4. The van der Waals surface area contributed by atoms with E-state index < -0.39 is 46.7 Å². The molecular formula is C18H22O9. The zero-order chi connectivity index (χ0) is 21.0. The maximum atomic E-state index is 12.1. The predicted octanol–water partition coefficient (Wildman–Crippen LogP) is -1.32. The molecule has 0 fully saturated rings. The van der Waals surface area contributed by atoms with Gasteiger partial charge >= 0.3 is 0 Å². The summed E-state index contributed by atoms with van der Waals surface area (Å²) in [5.41, 5.74) is -6.55. The average molecular weight is 382 g/mol. The van der Waals surface area contributed by atoms with Crippen molar-refractivity contribution >= 4 is 23.1 Å². The smallest absolute Gasteiger partial charge is 0.240 e. The van der Waals surface area contributed by atoms with Crippen molar-refractivity contribution in [3.8, 4) is 0 Å². The maximum absolute atomic E-state index is 12.1. The third-order valence-corrected chi connectivity index (χ3v) is 4.21. The molecule has 0 aromatic heterocycles. The van der Waals surface area contributed by atoms with Crippen LogP contribution < -0.4 is 0 Å². The van der Waals surface area contributed by atoms with Crippen LogP contribution in [0.5, 0.6) is 0 Å². The fourth-order valence-corrected chi connectivity index (χ4v) is 2.59. The zero-order valence-electron chi connectivity index (χ0n) is 15.1. The molecular weight excluding hydrogens is 360 g/mol. The van der Waals surface area contributed by atoms with Crippen molar-refractivity contribution < 1.29 is 44.3 Å². The fraction of sp³-hybridized carbons (Fsp3) is 0.444. The molecule has 0 aliphatic rings. The highest BCUT2D eigenvalue weighted by molar-refractivity contribution is 6.45. The molecule has 1 aromatic rings. The normalized spacial score (nSPS) is 17.9. The summed E-state index contributed by atoms with van der Waals surface area (Å²) in [6, 6.07) is 8.33. The van der Waals surface area contributed by atoms with Crippen LogP contribution in [0, 0.1) is 0 Å². The fourth-order valence-electron chi connectivity index (χ4n) is 2.59. The first-order valence-corrected chi connectivity index (χ1v) is 7.94. The Labute approximate surface area is 155 Å². The number of carbonyl (C=O) groups excluding carboxylic acids is 4. The van der Waals surface area contributed by atoms with Gasteiger partial charge in [-0.2, -0.15) is 0 Å². The van der Waals surface area contributed by atoms with E-state index in [0.29, 0.717) is 26.3 Å². The Kier molecular flexibility index (Phi) is 7.24. The Morgan fingerprint density at radius 1 is 0.963 bits per heavy atom. The second kappa shape index (κ2) is 8.59. The number of ether oxygens (including phenoxy) is 1. The molecule has 27 heavy (non-hydrogen) atoms. The minimum atomic E-state index is -3.60. The first kappa shape index (κ1) is 22.7. The molecule has 4 N–H and O–H groups in total. The van der Waals surface area contributed by atoms with E-state index in [1.807, 2.05) is 0 Å². The molecule has 148 valence electrons. The van der Waals surface area contributed by atoms with E-state index in [-0.39, 0.29) is 6.61 Å². The lowest BCUT2D eigenvalue weighted by molar-refractivity contribution is -0.250. The Hall–Kier alpha value is -2.30. The molecule has 0 spiro atoms. The first-order valence-electron chi connectivity index (χ1n) is 7.94. The Morgan fingerprint density at radius 3 is 1.89 bits per heavy atom. The molecule has 0 aliphatic heterocycles. The van der Waals surface area contributed by atoms with Gasteiger partial charge in [-0.3, -0.25) is 19.2 Å². The van der Waals surface area contributed by atoms with E-state index >= 15 is 0 Å². The molecule has 1 rings (SSSR count). The molecule has 0 saturated carbocycles. The van der Waals surface area contributed by atoms with Gasteiger partial charge in [0.05, 0.1) is 6.61 Å². The van der Waals surface area contributed by atoms with Gasteiger partial charge < -0.3 is 25.2 Å². The molecule has 1 aromatic carbocycles. The largest absolute Gasteiger partial charge is 0.384 e. The van der Waals surface area contributed by atoms with Crippen LogP contribution in [0.2, 0.25) is 0 Å². The Morgan fingerprint density at radius 2 is 1.48 bits per heavy atom. The molecule has 0 bridgehead atoms. The van der Waals surface area contributed by atoms with Gasteiger partial charge in [0.25, 0.3) is 0 Å². The summed E-state index contributed by atoms with van der Waals surface area (Å²) in [6.07, 6.45) is -4.89. The second-order valence-electron chi connectivity index (χ2n) is 6.11. The molecule has 0 heterocycles. The molecule has 0 aliphatic carbocycles. The van der Waals surface area contributed by atoms with Gasteiger partial charge in [0.2, 0.25) is 11.4 Å². The van der Waals surface area contributed by atoms with E-state index in [9.17, 15) is 39.6 Å². The first-order chi connectivity index (χ1) is 12.4. The Bertz CT molecular complexity index is 730. The van der Waals surface area contributed by atoms with Crippen LogP contribution in [-0.2, 0) is 30.5 Å². The number of benzene rings is 1. The molecule has 4 atom stereocenters. The summed E-state index contributed by atoms with van der Waals surface area (Å²) in [7, 11) is 0. The molecule has 9 heteroatoms. The standard InChI is InChI=1S/C18H22O9/c1-10(19)14(22)17(25,11(2)20)18(26,12(3)21)15(23)16(24)27-9-13-7-5-4-6-8-13/h4-8,15-16,23-26H,9H2,1-3H3. The lowest BCUT2D eigenvalue weighted by Crippen LogP contribution is -2.74. The van der Waals surface area contributed by atoms with Crippen LogP contribution in [0.25, 0.3) is 0 Å². The monoisotopic (exact) mass is 382 g/mol. The van der Waals surface area contributed by atoms with Crippen LogP contribution in [0.4, 0.5) is 0 Å². The number of hydrogen-bond donors (Lipinski definition) is 4. The van der Waals surface area contributed by atoms with Crippen molar-refractivity contribution in [1.29, 1.82) is 0 Å². The summed E-state index contributed by atoms with van der Waals surface area (Å²) < 4.78 is 4.98. The number of rotatable bonds is 10. The van der Waals surface area contributed by atoms with Crippen molar-refractivity contribution in [2.24, 2.45) is 0 Å². The molecule has 4 unspecified atom stereocenters. The zero-order valence-corrected chi connectivity index (χ0v) is 15.1. The summed E-state index contributed by atoms with van der Waals surface area (Å²) >= 11 is 0. The number of aliphatic hydroxyl groups excluding tert-OH is 2. The van der Waals surface area contributed by atoms with Gasteiger partial charge in [0, 0.05) is 6.92 Å². The van der Waals surface area contributed by atoms with Crippen LogP contribution in [0.3, 0.4) is 0 Å². The molecule has 0 amide bonds. The Balaban J connectivity index is 3.25. The van der Waals surface area contributed by atoms with E-state index in [4.69, 9.17) is 4.74 Å². The van der Waals surface area contributed by atoms with Crippen molar-refractivity contribution in [3.05, 3.63) is 35.9 Å². The van der Waals surface area contributed by atoms with Crippen molar-refractivity contribution in [1.82, 2.24) is 0 Å². The van der Waals surface area contributed by atoms with Gasteiger partial charge in [-0.25, -0.2) is 0 Å². The van der Waals surface area contributed by atoms with Crippen LogP contribution >= 0.6 is 0 Å². The van der Waals surface area contributed by atoms with Crippen molar-refractivity contribution in [2.75, 3.05) is 0 Å². The number of carbonyl (C=O) groups is 4. The molecule has 0 saturated heterocycles. The van der Waals surface area contributed by atoms with E-state index in [1.54, 1.807) is 30.3 Å². The van der Waals surface area contributed by atoms with Crippen LogP contribution in [0.1, 0.15) is 26.3 Å². The van der Waals surface area contributed by atoms with Crippen molar-refractivity contribution in [2.45, 2.75) is 51.0 Å². The predicted molar refractivity (Wildman–Crippen MR) is 90.2 cm³/mol. The second-order valence-corrected chi connectivity index (χ2v) is 6.11. The average Bonchev–Trinajstić information content (AvgIpc) is 2.63. The quantitative estimate of drug-likeness (QED) is 0.219.